The van der Waals surface area contributed by atoms with E-state index in [4.69, 9.17) is 0 Å². The lowest BCUT2D eigenvalue weighted by Crippen LogP contribution is -2.41. The Kier molecular flexibility index (Phi) is 5.75. The third-order valence-corrected chi connectivity index (χ3v) is 6.05. The van der Waals surface area contributed by atoms with E-state index in [0.29, 0.717) is 19.5 Å². The number of likely N-dealkylation sites (tertiary alicyclic amines) is 1. The average molecular weight is 377 g/mol. The number of anilines is 1. The fourth-order valence-corrected chi connectivity index (χ4v) is 4.34. The molecule has 146 valence electrons. The molecule has 4 heteroatoms. The molecule has 1 N–H and O–H groups in total. The minimum atomic E-state index is -0.00794. The maximum atomic E-state index is 12.6. The Morgan fingerprint density at radius 1 is 0.964 bits per heavy atom. The van der Waals surface area contributed by atoms with Gasteiger partial charge >= 0.3 is 0 Å². The van der Waals surface area contributed by atoms with Crippen molar-refractivity contribution in [3.63, 3.8) is 0 Å². The van der Waals surface area contributed by atoms with Crippen LogP contribution in [-0.4, -0.2) is 29.8 Å². The lowest BCUT2D eigenvalue weighted by atomic mass is 9.95. The van der Waals surface area contributed by atoms with E-state index in [1.165, 1.54) is 23.1 Å². The molecule has 2 aliphatic rings. The van der Waals surface area contributed by atoms with Crippen molar-refractivity contribution in [3.8, 4) is 0 Å². The first-order valence-corrected chi connectivity index (χ1v) is 10.4. The predicted molar refractivity (Wildman–Crippen MR) is 111 cm³/mol. The molecule has 0 unspecified atom stereocenters. The molecular formula is C24H28N2O2. The smallest absolute Gasteiger partial charge is 0.227 e. The summed E-state index contributed by atoms with van der Waals surface area (Å²) in [5.41, 5.74) is 4.89. The van der Waals surface area contributed by atoms with Gasteiger partial charge in [0, 0.05) is 31.1 Å². The number of hydrogen-bond acceptors (Lipinski definition) is 2. The molecule has 4 rings (SSSR count). The van der Waals surface area contributed by atoms with E-state index in [1.54, 1.807) is 0 Å². The number of benzene rings is 2. The molecule has 2 aromatic carbocycles. The summed E-state index contributed by atoms with van der Waals surface area (Å²) in [5.74, 6) is 0.280. The number of carbonyl (C=O) groups is 2. The number of fused-ring (bicyclic) bond motifs is 1. The van der Waals surface area contributed by atoms with Gasteiger partial charge in [-0.25, -0.2) is 0 Å². The van der Waals surface area contributed by atoms with Gasteiger partial charge < -0.3 is 10.2 Å². The minimum Gasteiger partial charge on any atom is -0.343 e. The van der Waals surface area contributed by atoms with Gasteiger partial charge in [-0.3, -0.25) is 9.59 Å². The Labute approximate surface area is 166 Å². The Hall–Kier alpha value is -2.62. The second-order valence-electron chi connectivity index (χ2n) is 7.97. The van der Waals surface area contributed by atoms with Crippen LogP contribution >= 0.6 is 0 Å². The zero-order chi connectivity index (χ0) is 19.3. The number of amides is 2. The summed E-state index contributed by atoms with van der Waals surface area (Å²) < 4.78 is 0. The van der Waals surface area contributed by atoms with Gasteiger partial charge in [0.1, 0.15) is 0 Å². The van der Waals surface area contributed by atoms with E-state index in [0.717, 1.165) is 37.8 Å². The van der Waals surface area contributed by atoms with E-state index >= 15 is 0 Å². The van der Waals surface area contributed by atoms with Crippen LogP contribution in [0.1, 0.15) is 42.4 Å². The first-order chi connectivity index (χ1) is 13.7. The molecule has 1 aliphatic heterocycles. The van der Waals surface area contributed by atoms with Crippen LogP contribution in [0.25, 0.3) is 0 Å². The Morgan fingerprint density at radius 2 is 1.71 bits per heavy atom. The quantitative estimate of drug-likeness (QED) is 0.858. The molecule has 0 bridgehead atoms. The number of rotatable bonds is 5. The van der Waals surface area contributed by atoms with Crippen molar-refractivity contribution in [2.75, 3.05) is 18.4 Å². The van der Waals surface area contributed by atoms with Gasteiger partial charge in [-0.1, -0.05) is 36.4 Å². The fraction of sp³-hybridized carbons (Fsp3) is 0.417. The zero-order valence-electron chi connectivity index (χ0n) is 16.3. The van der Waals surface area contributed by atoms with Gasteiger partial charge in [-0.2, -0.15) is 0 Å². The third-order valence-electron chi connectivity index (χ3n) is 6.05. The molecule has 1 aliphatic carbocycles. The highest BCUT2D eigenvalue weighted by molar-refractivity contribution is 5.93. The topological polar surface area (TPSA) is 49.4 Å². The summed E-state index contributed by atoms with van der Waals surface area (Å²) in [6.07, 6.45) is 6.28. The van der Waals surface area contributed by atoms with E-state index < -0.39 is 0 Å². The largest absolute Gasteiger partial charge is 0.343 e. The summed E-state index contributed by atoms with van der Waals surface area (Å²) in [4.78, 5) is 27.0. The first kappa shape index (κ1) is 18.7. The van der Waals surface area contributed by atoms with Crippen LogP contribution in [0.3, 0.4) is 0 Å². The highest BCUT2D eigenvalue weighted by Gasteiger charge is 2.27. The van der Waals surface area contributed by atoms with Gasteiger partial charge in [0.15, 0.2) is 0 Å². The molecule has 2 amide bonds. The molecule has 1 saturated heterocycles. The maximum Gasteiger partial charge on any atom is 0.227 e. The van der Waals surface area contributed by atoms with Crippen LogP contribution in [0.2, 0.25) is 0 Å². The summed E-state index contributed by atoms with van der Waals surface area (Å²) in [5, 5.41) is 3.09. The number of aryl methyl sites for hydroxylation is 3. The highest BCUT2D eigenvalue weighted by Crippen LogP contribution is 2.26. The van der Waals surface area contributed by atoms with E-state index in [9.17, 15) is 9.59 Å². The van der Waals surface area contributed by atoms with Gasteiger partial charge in [-0.05, 0) is 67.3 Å². The fourth-order valence-electron chi connectivity index (χ4n) is 4.34. The minimum absolute atomic E-state index is 0.00794. The SMILES string of the molecule is O=C(Nc1ccc2c(c1)CCC2)C1CCN(C(=O)CCc2ccccc2)CC1. The number of nitrogens with zero attached hydrogens (tertiary/aromatic N) is 1. The van der Waals surface area contributed by atoms with Crippen LogP contribution in [-0.2, 0) is 28.9 Å². The summed E-state index contributed by atoms with van der Waals surface area (Å²) in [6.45, 7) is 1.35. The molecule has 0 spiro atoms. The highest BCUT2D eigenvalue weighted by atomic mass is 16.2. The molecule has 28 heavy (non-hydrogen) atoms. The van der Waals surface area contributed by atoms with Gasteiger partial charge in [0.25, 0.3) is 0 Å². The molecular weight excluding hydrogens is 348 g/mol. The summed E-state index contributed by atoms with van der Waals surface area (Å²) in [7, 11) is 0. The Morgan fingerprint density at radius 3 is 2.50 bits per heavy atom. The van der Waals surface area contributed by atoms with Crippen molar-refractivity contribution in [2.24, 2.45) is 5.92 Å². The summed E-state index contributed by atoms with van der Waals surface area (Å²) >= 11 is 0. The maximum absolute atomic E-state index is 12.6. The van der Waals surface area contributed by atoms with Gasteiger partial charge in [0.2, 0.25) is 11.8 Å². The van der Waals surface area contributed by atoms with Crippen LogP contribution in [0.5, 0.6) is 0 Å². The van der Waals surface area contributed by atoms with E-state index in [1.807, 2.05) is 29.2 Å². The molecule has 2 aromatic rings. The molecule has 1 fully saturated rings. The van der Waals surface area contributed by atoms with Crippen LogP contribution in [0.4, 0.5) is 5.69 Å². The zero-order valence-corrected chi connectivity index (χ0v) is 16.3. The van der Waals surface area contributed by atoms with Crippen molar-refractivity contribution < 1.29 is 9.59 Å². The number of carbonyl (C=O) groups excluding carboxylic acids is 2. The molecule has 0 radical (unpaired) electrons. The molecule has 1 heterocycles. The van der Waals surface area contributed by atoms with Crippen molar-refractivity contribution in [1.29, 1.82) is 0 Å². The number of hydrogen-bond donors (Lipinski definition) is 1. The van der Waals surface area contributed by atoms with Crippen molar-refractivity contribution in [2.45, 2.75) is 44.9 Å². The average Bonchev–Trinajstić information content (AvgIpc) is 3.21. The lowest BCUT2D eigenvalue weighted by molar-refractivity contribution is -0.134. The van der Waals surface area contributed by atoms with Gasteiger partial charge in [0.05, 0.1) is 0 Å². The molecule has 0 saturated carbocycles. The van der Waals surface area contributed by atoms with Crippen molar-refractivity contribution in [1.82, 2.24) is 4.90 Å². The number of nitrogens with one attached hydrogen (secondary N) is 1. The third kappa shape index (κ3) is 4.44. The Bertz CT molecular complexity index is 839. The van der Waals surface area contributed by atoms with E-state index in [-0.39, 0.29) is 17.7 Å². The normalized spacial score (nSPS) is 16.6. The second kappa shape index (κ2) is 8.59. The van der Waals surface area contributed by atoms with Crippen LogP contribution in [0.15, 0.2) is 48.5 Å². The monoisotopic (exact) mass is 376 g/mol. The van der Waals surface area contributed by atoms with Crippen LogP contribution < -0.4 is 5.32 Å². The van der Waals surface area contributed by atoms with Crippen molar-refractivity contribution >= 4 is 17.5 Å². The predicted octanol–water partition coefficient (Wildman–Crippen LogP) is 3.99. The molecule has 4 nitrogen and oxygen atoms in total. The lowest BCUT2D eigenvalue weighted by Gasteiger charge is -2.31. The molecule has 0 aromatic heterocycles. The van der Waals surface area contributed by atoms with Crippen LogP contribution in [0, 0.1) is 5.92 Å². The van der Waals surface area contributed by atoms with Crippen molar-refractivity contribution in [3.05, 3.63) is 65.2 Å². The number of piperidine rings is 1. The summed E-state index contributed by atoms with van der Waals surface area (Å²) in [6, 6.07) is 16.4. The second-order valence-corrected chi connectivity index (χ2v) is 7.97. The first-order valence-electron chi connectivity index (χ1n) is 10.4. The van der Waals surface area contributed by atoms with Gasteiger partial charge in [-0.15, -0.1) is 0 Å². The van der Waals surface area contributed by atoms with E-state index in [2.05, 4.69) is 29.6 Å². The molecule has 0 atom stereocenters. The Balaban J connectivity index is 1.24. The standard InChI is InChI=1S/C24H28N2O2/c27-23(12-9-18-5-2-1-3-6-18)26-15-13-20(14-16-26)24(28)25-22-11-10-19-7-4-8-21(19)17-22/h1-3,5-6,10-11,17,20H,4,7-9,12-16H2,(H,25,28).